The second-order valence-corrected chi connectivity index (χ2v) is 9.62. The van der Waals surface area contributed by atoms with E-state index in [1.807, 2.05) is 42.5 Å². The summed E-state index contributed by atoms with van der Waals surface area (Å²) in [5.41, 5.74) is 1.86. The van der Waals surface area contributed by atoms with Crippen molar-refractivity contribution in [2.45, 2.75) is 24.3 Å². The van der Waals surface area contributed by atoms with E-state index in [4.69, 9.17) is 23.2 Å². The third-order valence-corrected chi connectivity index (χ3v) is 7.00. The van der Waals surface area contributed by atoms with Crippen LogP contribution in [-0.4, -0.2) is 20.1 Å². The highest BCUT2D eigenvalue weighted by atomic mass is 35.5. The van der Waals surface area contributed by atoms with Gasteiger partial charge in [-0.15, -0.1) is 0 Å². The molecule has 0 saturated heterocycles. The van der Waals surface area contributed by atoms with Gasteiger partial charge in [0.15, 0.2) is 0 Å². The number of aryl methyl sites for hydroxylation is 1. The Morgan fingerprint density at radius 3 is 2.14 bits per heavy atom. The summed E-state index contributed by atoms with van der Waals surface area (Å²) in [4.78, 5) is -0.0729. The highest BCUT2D eigenvalue weighted by Gasteiger charge is 2.27. The summed E-state index contributed by atoms with van der Waals surface area (Å²) in [6.07, 6.45) is 0. The van der Waals surface area contributed by atoms with Gasteiger partial charge in [-0.1, -0.05) is 77.8 Å². The predicted octanol–water partition coefficient (Wildman–Crippen LogP) is 5.15. The largest absolute Gasteiger partial charge is 0.384 e. The SMILES string of the molecule is Cc1cc(S(=O)(=O)NCC(C)(O)c2ccc(-c3ccccc3)cc2)c(Cl)cc1Cl. The number of sulfonamides is 1. The second kappa shape index (κ2) is 8.46. The Hall–Kier alpha value is -1.89. The monoisotopic (exact) mass is 449 g/mol. The normalized spacial score (nSPS) is 13.8. The first-order valence-corrected chi connectivity index (χ1v) is 11.2. The van der Waals surface area contributed by atoms with Crippen LogP contribution in [0.2, 0.25) is 10.0 Å². The van der Waals surface area contributed by atoms with Crippen molar-refractivity contribution in [2.24, 2.45) is 0 Å². The first-order chi connectivity index (χ1) is 13.6. The van der Waals surface area contributed by atoms with Crippen LogP contribution < -0.4 is 4.72 Å². The van der Waals surface area contributed by atoms with E-state index in [-0.39, 0.29) is 16.5 Å². The lowest BCUT2D eigenvalue weighted by atomic mass is 9.94. The summed E-state index contributed by atoms with van der Waals surface area (Å²) in [5.74, 6) is 0. The fourth-order valence-electron chi connectivity index (χ4n) is 2.90. The average molecular weight is 450 g/mol. The van der Waals surface area contributed by atoms with Gasteiger partial charge in [0.1, 0.15) is 10.5 Å². The van der Waals surface area contributed by atoms with E-state index in [2.05, 4.69) is 4.72 Å². The zero-order chi connectivity index (χ0) is 21.2. The van der Waals surface area contributed by atoms with Crippen molar-refractivity contribution in [1.82, 2.24) is 4.72 Å². The lowest BCUT2D eigenvalue weighted by Crippen LogP contribution is -2.38. The molecule has 4 nitrogen and oxygen atoms in total. The highest BCUT2D eigenvalue weighted by Crippen LogP contribution is 2.29. The molecule has 152 valence electrons. The lowest BCUT2D eigenvalue weighted by Gasteiger charge is -2.24. The Morgan fingerprint density at radius 1 is 0.931 bits per heavy atom. The molecule has 29 heavy (non-hydrogen) atoms. The van der Waals surface area contributed by atoms with Gasteiger partial charge in [0.2, 0.25) is 10.0 Å². The number of aliphatic hydroxyl groups is 1. The smallest absolute Gasteiger partial charge is 0.242 e. The second-order valence-electron chi connectivity index (χ2n) is 7.07. The van der Waals surface area contributed by atoms with E-state index < -0.39 is 15.6 Å². The van der Waals surface area contributed by atoms with Gasteiger partial charge in [-0.05, 0) is 48.2 Å². The molecule has 3 rings (SSSR count). The van der Waals surface area contributed by atoms with Crippen LogP contribution in [0.5, 0.6) is 0 Å². The van der Waals surface area contributed by atoms with Crippen molar-refractivity contribution >= 4 is 33.2 Å². The summed E-state index contributed by atoms with van der Waals surface area (Å²) in [6, 6.07) is 20.0. The standard InChI is InChI=1S/C22H21Cl2NO3S/c1-15-12-21(20(24)13-19(15)23)29(27,28)25-14-22(2,26)18-10-8-17(9-11-18)16-6-4-3-5-7-16/h3-13,25-26H,14H2,1-2H3. The number of nitrogens with one attached hydrogen (secondary N) is 1. The minimum Gasteiger partial charge on any atom is -0.384 e. The Labute approximate surface area is 181 Å². The Bertz CT molecular complexity index is 1110. The zero-order valence-electron chi connectivity index (χ0n) is 16.0. The van der Waals surface area contributed by atoms with E-state index in [0.29, 0.717) is 16.1 Å². The molecule has 3 aromatic carbocycles. The van der Waals surface area contributed by atoms with Crippen molar-refractivity contribution in [3.63, 3.8) is 0 Å². The van der Waals surface area contributed by atoms with Crippen LogP contribution in [0.25, 0.3) is 11.1 Å². The van der Waals surface area contributed by atoms with Crippen LogP contribution >= 0.6 is 23.2 Å². The molecule has 2 N–H and O–H groups in total. The number of hydrogen-bond donors (Lipinski definition) is 2. The van der Waals surface area contributed by atoms with E-state index in [0.717, 1.165) is 11.1 Å². The van der Waals surface area contributed by atoms with E-state index in [1.165, 1.54) is 12.1 Å². The van der Waals surface area contributed by atoms with Crippen molar-refractivity contribution in [3.8, 4) is 11.1 Å². The van der Waals surface area contributed by atoms with Crippen molar-refractivity contribution in [2.75, 3.05) is 6.54 Å². The van der Waals surface area contributed by atoms with E-state index >= 15 is 0 Å². The van der Waals surface area contributed by atoms with Gasteiger partial charge in [-0.25, -0.2) is 13.1 Å². The van der Waals surface area contributed by atoms with E-state index in [1.54, 1.807) is 26.0 Å². The number of hydrogen-bond acceptors (Lipinski definition) is 3. The Kier molecular flexibility index (Phi) is 6.36. The van der Waals surface area contributed by atoms with E-state index in [9.17, 15) is 13.5 Å². The van der Waals surface area contributed by atoms with Gasteiger partial charge in [0, 0.05) is 11.6 Å². The molecule has 0 radical (unpaired) electrons. The summed E-state index contributed by atoms with van der Waals surface area (Å²) in [5, 5.41) is 11.3. The lowest BCUT2D eigenvalue weighted by molar-refractivity contribution is 0.0627. The number of halogens is 2. The molecule has 1 unspecified atom stereocenters. The fourth-order valence-corrected chi connectivity index (χ4v) is 4.87. The molecule has 0 amide bonds. The molecule has 0 bridgehead atoms. The molecular formula is C22H21Cl2NO3S. The molecule has 0 saturated carbocycles. The van der Waals surface area contributed by atoms with Crippen molar-refractivity contribution in [3.05, 3.63) is 87.9 Å². The quantitative estimate of drug-likeness (QED) is 0.546. The molecule has 0 aliphatic carbocycles. The average Bonchev–Trinajstić information content (AvgIpc) is 2.70. The highest BCUT2D eigenvalue weighted by molar-refractivity contribution is 7.89. The van der Waals surface area contributed by atoms with Crippen LogP contribution in [0.15, 0.2) is 71.6 Å². The van der Waals surface area contributed by atoms with Crippen LogP contribution in [0, 0.1) is 6.92 Å². The Morgan fingerprint density at radius 2 is 1.52 bits per heavy atom. The minimum atomic E-state index is -3.92. The molecule has 7 heteroatoms. The van der Waals surface area contributed by atoms with Crippen molar-refractivity contribution in [1.29, 1.82) is 0 Å². The predicted molar refractivity (Wildman–Crippen MR) is 118 cm³/mol. The van der Waals surface area contributed by atoms with Crippen molar-refractivity contribution < 1.29 is 13.5 Å². The first-order valence-electron chi connectivity index (χ1n) is 8.94. The summed E-state index contributed by atoms with van der Waals surface area (Å²) >= 11 is 12.0. The Balaban J connectivity index is 1.78. The molecule has 0 aromatic heterocycles. The summed E-state index contributed by atoms with van der Waals surface area (Å²) in [7, 11) is -3.92. The molecule has 1 atom stereocenters. The molecule has 0 aliphatic rings. The van der Waals surface area contributed by atoms with Gasteiger partial charge in [0.05, 0.1) is 5.02 Å². The molecule has 0 heterocycles. The van der Waals surface area contributed by atoms with Crippen LogP contribution in [0.3, 0.4) is 0 Å². The maximum absolute atomic E-state index is 12.7. The molecule has 0 spiro atoms. The van der Waals surface area contributed by atoms with Gasteiger partial charge in [0.25, 0.3) is 0 Å². The number of rotatable bonds is 6. The van der Waals surface area contributed by atoms with Gasteiger partial charge in [-0.3, -0.25) is 0 Å². The topological polar surface area (TPSA) is 66.4 Å². The van der Waals surface area contributed by atoms with Crippen LogP contribution in [0.1, 0.15) is 18.1 Å². The maximum atomic E-state index is 12.7. The van der Waals surface area contributed by atoms with Crippen LogP contribution in [0.4, 0.5) is 0 Å². The van der Waals surface area contributed by atoms with Crippen LogP contribution in [-0.2, 0) is 15.6 Å². The van der Waals surface area contributed by atoms with Gasteiger partial charge in [-0.2, -0.15) is 0 Å². The first kappa shape index (κ1) is 21.8. The zero-order valence-corrected chi connectivity index (χ0v) is 18.3. The summed E-state index contributed by atoms with van der Waals surface area (Å²) < 4.78 is 27.8. The minimum absolute atomic E-state index is 0.0277. The molecule has 3 aromatic rings. The molecular weight excluding hydrogens is 429 g/mol. The fraction of sp³-hybridized carbons (Fsp3) is 0.182. The van der Waals surface area contributed by atoms with Gasteiger partial charge >= 0.3 is 0 Å². The summed E-state index contributed by atoms with van der Waals surface area (Å²) in [6.45, 7) is 3.04. The third kappa shape index (κ3) is 5.00. The number of benzene rings is 3. The van der Waals surface area contributed by atoms with Gasteiger partial charge < -0.3 is 5.11 Å². The maximum Gasteiger partial charge on any atom is 0.242 e. The third-order valence-electron chi connectivity index (χ3n) is 4.72. The molecule has 0 aliphatic heterocycles. The molecule has 0 fully saturated rings.